The highest BCUT2D eigenvalue weighted by atomic mass is 35.5. The summed E-state index contributed by atoms with van der Waals surface area (Å²) in [4.78, 5) is 47.5. The predicted octanol–water partition coefficient (Wildman–Crippen LogP) is 10.4. The summed E-state index contributed by atoms with van der Waals surface area (Å²) in [6.07, 6.45) is 0. The minimum Gasteiger partial charge on any atom is -0.497 e. The van der Waals surface area contributed by atoms with Crippen LogP contribution in [0.2, 0.25) is 10.0 Å². The van der Waals surface area contributed by atoms with Crippen LogP contribution in [0.15, 0.2) is 109 Å². The summed E-state index contributed by atoms with van der Waals surface area (Å²) < 4.78 is 59.5. The second-order valence-electron chi connectivity index (χ2n) is 12.2. The molecule has 0 heterocycles. The Bertz CT molecular complexity index is 2560. The lowest BCUT2D eigenvalue weighted by Gasteiger charge is -2.13. The molecule has 302 valence electrons. The molecule has 2 amide bonds. The summed E-state index contributed by atoms with van der Waals surface area (Å²) in [7, 11) is 4.43. The third-order valence-electron chi connectivity index (χ3n) is 8.52. The molecule has 59 heavy (non-hydrogen) atoms. The van der Waals surface area contributed by atoms with E-state index in [0.29, 0.717) is 39.0 Å². The molecule has 0 aliphatic rings. The Hall–Kier alpha value is -7.03. The van der Waals surface area contributed by atoms with Crippen molar-refractivity contribution < 1.29 is 56.8 Å². The zero-order valence-electron chi connectivity index (χ0n) is 31.0. The molecule has 0 aromatic heterocycles. The Balaban J connectivity index is 0.000000224. The zero-order chi connectivity index (χ0) is 43.0. The molecule has 6 aromatic rings. The molecule has 0 spiro atoms. The molecular formula is C43H31Cl2F3N2O9. The molecule has 0 aliphatic carbocycles. The summed E-state index contributed by atoms with van der Waals surface area (Å²) in [5, 5.41) is 23.1. The van der Waals surface area contributed by atoms with E-state index in [1.54, 1.807) is 30.3 Å². The number of nitrogens with one attached hydrogen (secondary N) is 2. The molecule has 0 atom stereocenters. The smallest absolute Gasteiger partial charge is 0.336 e. The highest BCUT2D eigenvalue weighted by Crippen LogP contribution is 2.37. The first kappa shape index (κ1) is 43.1. The predicted molar refractivity (Wildman–Crippen MR) is 216 cm³/mol. The van der Waals surface area contributed by atoms with Crippen LogP contribution in [0.1, 0.15) is 41.4 Å². The summed E-state index contributed by atoms with van der Waals surface area (Å²) in [6, 6.07) is 25.4. The number of benzene rings is 6. The van der Waals surface area contributed by atoms with Gasteiger partial charge >= 0.3 is 11.9 Å². The van der Waals surface area contributed by atoms with E-state index in [-0.39, 0.29) is 38.5 Å². The molecule has 0 saturated carbocycles. The number of carbonyl (C=O) groups is 4. The van der Waals surface area contributed by atoms with Crippen LogP contribution < -0.4 is 24.8 Å². The monoisotopic (exact) mass is 846 g/mol. The molecule has 4 N–H and O–H groups in total. The van der Waals surface area contributed by atoms with E-state index in [9.17, 15) is 37.5 Å². The van der Waals surface area contributed by atoms with Crippen LogP contribution in [-0.4, -0.2) is 55.3 Å². The maximum atomic E-state index is 14.8. The molecular weight excluding hydrogens is 816 g/mol. The van der Waals surface area contributed by atoms with E-state index in [4.69, 9.17) is 42.5 Å². The van der Waals surface area contributed by atoms with Crippen molar-refractivity contribution in [1.82, 2.24) is 0 Å². The van der Waals surface area contributed by atoms with E-state index in [2.05, 4.69) is 10.6 Å². The number of hydrogen-bond acceptors (Lipinski definition) is 7. The number of ether oxygens (including phenoxy) is 3. The fourth-order valence-corrected chi connectivity index (χ4v) is 6.16. The van der Waals surface area contributed by atoms with Crippen molar-refractivity contribution in [1.29, 1.82) is 0 Å². The molecule has 6 aromatic carbocycles. The first-order valence-corrected chi connectivity index (χ1v) is 17.7. The number of anilines is 2. The Labute approximate surface area is 344 Å². The number of carbonyl (C=O) groups excluding carboxylic acids is 2. The van der Waals surface area contributed by atoms with Crippen molar-refractivity contribution in [2.75, 3.05) is 32.0 Å². The van der Waals surface area contributed by atoms with E-state index in [1.807, 2.05) is 0 Å². The van der Waals surface area contributed by atoms with Gasteiger partial charge in [-0.1, -0.05) is 53.5 Å². The van der Waals surface area contributed by atoms with E-state index in [0.717, 1.165) is 12.1 Å². The molecule has 0 saturated heterocycles. The first-order valence-electron chi connectivity index (χ1n) is 17.0. The van der Waals surface area contributed by atoms with Gasteiger partial charge in [0.2, 0.25) is 0 Å². The summed E-state index contributed by atoms with van der Waals surface area (Å²) >= 11 is 12.2. The molecule has 0 unspecified atom stereocenters. The number of rotatable bonds is 11. The van der Waals surface area contributed by atoms with Gasteiger partial charge in [0.15, 0.2) is 11.5 Å². The highest BCUT2D eigenvalue weighted by molar-refractivity contribution is 6.34. The van der Waals surface area contributed by atoms with Crippen molar-refractivity contribution in [2.45, 2.75) is 0 Å². The maximum absolute atomic E-state index is 14.8. The van der Waals surface area contributed by atoms with E-state index < -0.39 is 46.9 Å². The number of aromatic carboxylic acids is 2. The second kappa shape index (κ2) is 18.9. The van der Waals surface area contributed by atoms with Crippen LogP contribution in [0.25, 0.3) is 22.3 Å². The normalized spacial score (nSPS) is 10.4. The van der Waals surface area contributed by atoms with Gasteiger partial charge in [-0.2, -0.15) is 0 Å². The van der Waals surface area contributed by atoms with Gasteiger partial charge in [0, 0.05) is 5.02 Å². The van der Waals surface area contributed by atoms with Crippen molar-refractivity contribution in [3.05, 3.63) is 159 Å². The quantitative estimate of drug-likeness (QED) is 0.0995. The van der Waals surface area contributed by atoms with E-state index >= 15 is 0 Å². The molecule has 0 fully saturated rings. The standard InChI is InChI=1S/C22H17ClFNO5.C21H14ClF2NO4/c1-29-18-8-7-12(11-19(18)30-2)13-9-16(23)20(17(24)10-13)25-21(26)14-5-3-4-6-15(14)22(27)28;1-29-14-7-11(6-13(22)10-14)12-8-17(23)19(18(24)9-12)25-20(26)15-4-2-3-5-16(15)21(27)28/h3-11H,1-2H3,(H,25,26)(H,27,28);2-10H,1H3,(H,25,26)(H,27,28). The SMILES string of the molecule is COc1cc(Cl)cc(-c2cc(F)c(NC(=O)c3ccccc3C(=O)O)c(F)c2)c1.COc1ccc(-c2cc(F)c(NC(=O)c3ccccc3C(=O)O)c(Cl)c2)cc1OC. The number of hydrogen-bond donors (Lipinski definition) is 4. The van der Waals surface area contributed by atoms with Crippen LogP contribution in [0, 0.1) is 17.5 Å². The van der Waals surface area contributed by atoms with Gasteiger partial charge < -0.3 is 35.1 Å². The van der Waals surface area contributed by atoms with Gasteiger partial charge in [-0.3, -0.25) is 9.59 Å². The number of halogens is 5. The fraction of sp³-hybridized carbons (Fsp3) is 0.0698. The van der Waals surface area contributed by atoms with Crippen molar-refractivity contribution in [3.63, 3.8) is 0 Å². The number of carboxylic acid groups (broad SMARTS) is 2. The summed E-state index contributed by atoms with van der Waals surface area (Å²) in [5.41, 5.74) is -0.0521. The van der Waals surface area contributed by atoms with Crippen molar-refractivity contribution >= 4 is 58.3 Å². The Morgan fingerprint density at radius 3 is 1.44 bits per heavy atom. The van der Waals surface area contributed by atoms with Gasteiger partial charge in [-0.05, 0) is 101 Å². The number of methoxy groups -OCH3 is 3. The zero-order valence-corrected chi connectivity index (χ0v) is 32.5. The minimum absolute atomic E-state index is 0.0408. The average Bonchev–Trinajstić information content (AvgIpc) is 3.22. The minimum atomic E-state index is -1.33. The van der Waals surface area contributed by atoms with Gasteiger partial charge in [0.05, 0.1) is 54.3 Å². The molecule has 16 heteroatoms. The third-order valence-corrected chi connectivity index (χ3v) is 9.04. The Morgan fingerprint density at radius 1 is 0.508 bits per heavy atom. The van der Waals surface area contributed by atoms with Crippen LogP contribution in [0.3, 0.4) is 0 Å². The van der Waals surface area contributed by atoms with E-state index in [1.165, 1.54) is 88.1 Å². The molecule has 0 bridgehead atoms. The second-order valence-corrected chi connectivity index (χ2v) is 13.0. The summed E-state index contributed by atoms with van der Waals surface area (Å²) in [5.74, 6) is -5.75. The van der Waals surface area contributed by atoms with Gasteiger partial charge in [0.1, 0.15) is 28.9 Å². The fourth-order valence-electron chi connectivity index (χ4n) is 5.68. The third kappa shape index (κ3) is 10.1. The van der Waals surface area contributed by atoms with Crippen LogP contribution >= 0.6 is 23.2 Å². The molecule has 0 aliphatic heterocycles. The van der Waals surface area contributed by atoms with Crippen molar-refractivity contribution in [2.24, 2.45) is 0 Å². The van der Waals surface area contributed by atoms with Crippen LogP contribution in [0.5, 0.6) is 17.2 Å². The van der Waals surface area contributed by atoms with Crippen LogP contribution in [0.4, 0.5) is 24.5 Å². The Kier molecular flexibility index (Phi) is 13.8. The lowest BCUT2D eigenvalue weighted by molar-refractivity contribution is 0.0683. The van der Waals surface area contributed by atoms with Crippen LogP contribution in [-0.2, 0) is 0 Å². The lowest BCUT2D eigenvalue weighted by Crippen LogP contribution is -2.18. The topological polar surface area (TPSA) is 160 Å². The first-order chi connectivity index (χ1) is 28.1. The van der Waals surface area contributed by atoms with Gasteiger partial charge in [-0.25, -0.2) is 22.8 Å². The van der Waals surface area contributed by atoms with Gasteiger partial charge in [-0.15, -0.1) is 0 Å². The summed E-state index contributed by atoms with van der Waals surface area (Å²) in [6.45, 7) is 0. The lowest BCUT2D eigenvalue weighted by atomic mass is 10.0. The molecule has 11 nitrogen and oxygen atoms in total. The van der Waals surface area contributed by atoms with Crippen molar-refractivity contribution in [3.8, 4) is 39.5 Å². The number of amides is 2. The maximum Gasteiger partial charge on any atom is 0.336 e. The molecule has 6 rings (SSSR count). The Morgan fingerprint density at radius 2 is 0.966 bits per heavy atom. The van der Waals surface area contributed by atoms with Gasteiger partial charge in [0.25, 0.3) is 11.8 Å². The average molecular weight is 848 g/mol. The number of carboxylic acids is 2. The largest absolute Gasteiger partial charge is 0.497 e. The highest BCUT2D eigenvalue weighted by Gasteiger charge is 2.22. The molecule has 0 radical (unpaired) electrons.